The minimum atomic E-state index is -2.13. The third-order valence-electron chi connectivity index (χ3n) is 17.6. The summed E-state index contributed by atoms with van der Waals surface area (Å²) in [6, 6.07) is -8.39. The van der Waals surface area contributed by atoms with Crippen molar-refractivity contribution in [2.75, 3.05) is 32.0 Å². The van der Waals surface area contributed by atoms with Gasteiger partial charge in [0.15, 0.2) is 5.78 Å². The van der Waals surface area contributed by atoms with Crippen LogP contribution in [0.2, 0.25) is 0 Å². The van der Waals surface area contributed by atoms with E-state index < -0.39 is 255 Å². The van der Waals surface area contributed by atoms with Crippen LogP contribution in [0.4, 0.5) is 5.69 Å². The summed E-state index contributed by atoms with van der Waals surface area (Å²) >= 11 is 0. The smallest absolute Gasteiger partial charge is 0.326 e. The van der Waals surface area contributed by atoms with Crippen LogP contribution in [0.3, 0.4) is 0 Å². The highest BCUT2D eigenvalue weighted by Gasteiger charge is 2.39. The standard InChI is InChI=1S/C72H103N17O27/c1-5-6-7-8-9-10-11-22-53(94)81-44(25-38-31-76-42-20-15-13-17-39(38)42)66(109)84-45(27-52(75)93)67(110)86-48(30-59(103)104)68(111)89-61(37(4)91)70(113)78-33-54(95)80-43(21-16-23-73)64(107)85-47(29-58(101)102)65(108)79-36(3)62(105)83-46(28-57(99)100)63(106)77-32-55(96)82-50(34-90)69(112)88-60(35(2)24-56(97)98)71(114)87-49(72(115)116)26-51(92)40-18-12-14-19-41(40)74/h12-15,17-20,31,35-37,43-50,60-61,76,90-91H,5-11,16,21-30,32-34,73-74H2,1-4H3,(H2,75,93)(H,77,106)(H,78,113)(H,79,108)(H,80,95)(H,81,94)(H,82,96)(H,83,105)(H,84,109)(H,85,107)(H,86,110)(H,87,114)(H,88,112)(H,89,111)(H,97,98)(H,99,100)(H,101,102)(H,103,104)(H,115,116)/t35-,36+,37+,43-,44-,45-,46-,47-,48-,49+,50+,60+,61-/m0/s1. The lowest BCUT2D eigenvalue weighted by Crippen LogP contribution is -2.61. The van der Waals surface area contributed by atoms with Gasteiger partial charge in [-0.25, -0.2) is 4.79 Å². The van der Waals surface area contributed by atoms with Gasteiger partial charge in [0, 0.05) is 47.6 Å². The average molecular weight is 1640 g/mol. The Bertz CT molecular complexity index is 4020. The Hall–Kier alpha value is -12.7. The molecule has 3 rings (SSSR count). The lowest BCUT2D eigenvalue weighted by atomic mass is 9.96. The summed E-state index contributed by atoms with van der Waals surface area (Å²) in [7, 11) is 0. The van der Waals surface area contributed by atoms with Crippen molar-refractivity contribution in [3.05, 3.63) is 65.9 Å². The molecule has 27 N–H and O–H groups in total. The number of unbranched alkanes of at least 4 members (excludes halogenated alkanes) is 6. The minimum Gasteiger partial charge on any atom is -0.481 e. The van der Waals surface area contributed by atoms with Gasteiger partial charge in [0.25, 0.3) is 0 Å². The monoisotopic (exact) mass is 1640 g/mol. The number of aromatic amines is 1. The number of aromatic nitrogens is 1. The van der Waals surface area contributed by atoms with Crippen LogP contribution >= 0.6 is 0 Å². The fourth-order valence-electron chi connectivity index (χ4n) is 11.4. The molecule has 0 radical (unpaired) electrons. The number of carbonyl (C=O) groups is 20. The Balaban J connectivity index is 1.70. The zero-order valence-corrected chi connectivity index (χ0v) is 64.1. The lowest BCUT2D eigenvalue weighted by Gasteiger charge is -2.27. The van der Waals surface area contributed by atoms with E-state index in [1.165, 1.54) is 24.3 Å². The van der Waals surface area contributed by atoms with Gasteiger partial charge < -0.3 is 127 Å². The number of carboxylic acids is 5. The number of aliphatic carboxylic acids is 5. The Morgan fingerprint density at radius 1 is 0.440 bits per heavy atom. The maximum Gasteiger partial charge on any atom is 0.326 e. The molecule has 0 unspecified atom stereocenters. The Morgan fingerprint density at radius 2 is 0.897 bits per heavy atom. The maximum absolute atomic E-state index is 14.1. The molecule has 0 saturated carbocycles. The maximum atomic E-state index is 14.1. The topological polar surface area (TPSA) is 733 Å². The molecule has 638 valence electrons. The second kappa shape index (κ2) is 49.7. The van der Waals surface area contributed by atoms with Crippen molar-refractivity contribution in [2.24, 2.45) is 17.4 Å². The lowest BCUT2D eigenvalue weighted by molar-refractivity contribution is -0.143. The predicted octanol–water partition coefficient (Wildman–Crippen LogP) is -6.10. The number of H-pyrrole nitrogens is 1. The zero-order chi connectivity index (χ0) is 87.1. The molecule has 116 heavy (non-hydrogen) atoms. The van der Waals surface area contributed by atoms with Gasteiger partial charge in [-0.05, 0) is 69.3 Å². The number of carbonyl (C=O) groups excluding carboxylic acids is 15. The molecular formula is C72H103N17O27. The van der Waals surface area contributed by atoms with Crippen LogP contribution in [0.15, 0.2) is 54.7 Å². The SMILES string of the molecule is CCCCCCCCCC(=O)N[C@@H](Cc1c[nH]c2ccccc12)C(=O)N[C@@H](CC(N)=O)C(=O)N[C@@H](CC(=O)O)C(=O)N[C@H](C(=O)NCC(=O)N[C@@H](CCCN)C(=O)N[C@@H](CC(=O)O)C(=O)N[C@H](C)C(=O)N[C@@H](CC(=O)O)C(=O)NCC(=O)N[C@H](CO)C(=O)N[C@@H](C(=O)N[C@H](CC(=O)c1ccccc1N)C(=O)O)[C@@H](C)CC(=O)O)[C@@H](C)O. The number of nitrogen functional groups attached to an aromatic ring is 1. The largest absolute Gasteiger partial charge is 0.481 e. The van der Waals surface area contributed by atoms with Crippen molar-refractivity contribution in [1.82, 2.24) is 74.1 Å². The highest BCUT2D eigenvalue weighted by molar-refractivity contribution is 6.05. The molecule has 0 aliphatic heterocycles. The highest BCUT2D eigenvalue weighted by atomic mass is 16.4. The molecule has 2 aromatic carbocycles. The molecule has 13 atom stereocenters. The fourth-order valence-corrected chi connectivity index (χ4v) is 11.4. The second-order valence-corrected chi connectivity index (χ2v) is 27.2. The number of nitrogens with one attached hydrogen (secondary N) is 14. The second-order valence-electron chi connectivity index (χ2n) is 27.2. The van der Waals surface area contributed by atoms with E-state index >= 15 is 0 Å². The van der Waals surface area contributed by atoms with Gasteiger partial charge in [0.05, 0.1) is 57.9 Å². The minimum absolute atomic E-state index is 0.0168. The van der Waals surface area contributed by atoms with Crippen molar-refractivity contribution >= 4 is 135 Å². The number of primary amides is 1. The number of ketones is 1. The average Bonchev–Trinajstić information content (AvgIpc) is 1.68. The molecule has 1 aromatic heterocycles. The van der Waals surface area contributed by atoms with Crippen LogP contribution in [-0.4, -0.2) is 258 Å². The number of para-hydroxylation sites is 2. The van der Waals surface area contributed by atoms with Gasteiger partial charge >= 0.3 is 29.8 Å². The third kappa shape index (κ3) is 34.7. The van der Waals surface area contributed by atoms with E-state index in [9.17, 15) is 132 Å². The molecule has 0 saturated heterocycles. The molecule has 0 spiro atoms. The van der Waals surface area contributed by atoms with Gasteiger partial charge in [0.2, 0.25) is 82.7 Å². The van der Waals surface area contributed by atoms with Crippen LogP contribution < -0.4 is 86.3 Å². The van der Waals surface area contributed by atoms with Crippen LogP contribution in [0.25, 0.3) is 10.9 Å². The molecular weight excluding hydrogens is 1530 g/mol. The number of carboxylic acid groups (broad SMARTS) is 5. The number of aliphatic hydroxyl groups excluding tert-OH is 2. The fraction of sp³-hybridized carbons (Fsp3) is 0.528. The summed E-state index contributed by atoms with van der Waals surface area (Å²) < 4.78 is 0. The first-order chi connectivity index (χ1) is 54.7. The first-order valence-electron chi connectivity index (χ1n) is 36.9. The number of hydrogen-bond acceptors (Lipinski definition) is 24. The van der Waals surface area contributed by atoms with Gasteiger partial charge in [0.1, 0.15) is 66.5 Å². The first-order valence-corrected chi connectivity index (χ1v) is 36.9. The Labute approximate surface area is 663 Å². The van der Waals surface area contributed by atoms with E-state index in [1.54, 1.807) is 30.5 Å². The molecule has 1 heterocycles. The Morgan fingerprint density at radius 3 is 1.44 bits per heavy atom. The number of aliphatic hydroxyl groups is 2. The van der Waals surface area contributed by atoms with E-state index in [-0.39, 0.29) is 43.5 Å². The summed E-state index contributed by atoms with van der Waals surface area (Å²) in [5, 5.41) is 97.9. The molecule has 0 fully saturated rings. The molecule has 14 amide bonds. The molecule has 44 nitrogen and oxygen atoms in total. The first kappa shape index (κ1) is 97.5. The van der Waals surface area contributed by atoms with E-state index in [4.69, 9.17) is 17.2 Å². The summed E-state index contributed by atoms with van der Waals surface area (Å²) in [4.78, 5) is 265. The van der Waals surface area contributed by atoms with Crippen molar-refractivity contribution < 1.29 is 132 Å². The van der Waals surface area contributed by atoms with E-state index in [0.29, 0.717) is 22.9 Å². The Kier molecular flexibility index (Phi) is 41.7. The quantitative estimate of drug-likeness (QED) is 0.0142. The number of Topliss-reactive ketones (excluding diaryl/α,β-unsaturated/α-hetero) is 1. The zero-order valence-electron chi connectivity index (χ0n) is 64.1. The summed E-state index contributed by atoms with van der Waals surface area (Å²) in [5.74, 6) is -27.9. The van der Waals surface area contributed by atoms with E-state index in [1.807, 2.05) is 16.0 Å². The van der Waals surface area contributed by atoms with Gasteiger partial charge in [-0.15, -0.1) is 0 Å². The summed E-state index contributed by atoms with van der Waals surface area (Å²) in [5.41, 5.74) is 18.1. The molecule has 44 heteroatoms. The number of nitrogens with two attached hydrogens (primary N) is 3. The molecule has 0 bridgehead atoms. The van der Waals surface area contributed by atoms with Crippen molar-refractivity contribution in [3.8, 4) is 0 Å². The number of benzene rings is 2. The van der Waals surface area contributed by atoms with Gasteiger partial charge in [-0.2, -0.15) is 0 Å². The highest BCUT2D eigenvalue weighted by Crippen LogP contribution is 2.21. The van der Waals surface area contributed by atoms with Crippen molar-refractivity contribution in [1.29, 1.82) is 0 Å². The van der Waals surface area contributed by atoms with Crippen molar-refractivity contribution in [3.63, 3.8) is 0 Å². The predicted molar refractivity (Wildman–Crippen MR) is 404 cm³/mol. The van der Waals surface area contributed by atoms with Crippen LogP contribution in [-0.2, 0) is 97.5 Å². The van der Waals surface area contributed by atoms with Crippen LogP contribution in [0.5, 0.6) is 0 Å². The molecule has 0 aliphatic carbocycles. The summed E-state index contributed by atoms with van der Waals surface area (Å²) in [6.07, 6.45) is -0.693. The van der Waals surface area contributed by atoms with Crippen molar-refractivity contribution in [2.45, 2.75) is 209 Å². The molecule has 0 aliphatic rings. The van der Waals surface area contributed by atoms with Gasteiger partial charge in [-0.3, -0.25) is 91.1 Å². The normalized spacial score (nSPS) is 14.3. The number of amides is 14. The van der Waals surface area contributed by atoms with Gasteiger partial charge in [-0.1, -0.05) is 82.7 Å². The number of hydrogen-bond donors (Lipinski definition) is 24. The van der Waals surface area contributed by atoms with Crippen LogP contribution in [0, 0.1) is 5.92 Å². The third-order valence-corrected chi connectivity index (χ3v) is 17.6. The summed E-state index contributed by atoms with van der Waals surface area (Å²) in [6.45, 7) is 1.60. The number of anilines is 1. The molecule has 3 aromatic rings. The van der Waals surface area contributed by atoms with E-state index in [2.05, 4.69) is 65.1 Å². The van der Waals surface area contributed by atoms with Crippen LogP contribution in [0.1, 0.15) is 146 Å². The number of fused-ring (bicyclic) bond motifs is 1. The number of rotatable bonds is 55. The van der Waals surface area contributed by atoms with E-state index in [0.717, 1.165) is 59.3 Å².